The minimum atomic E-state index is -0.153. The van der Waals surface area contributed by atoms with Crippen molar-refractivity contribution in [2.45, 2.75) is 12.8 Å². The number of carbonyl (C=O) groups is 1. The van der Waals surface area contributed by atoms with Gasteiger partial charge in [-0.25, -0.2) is 0 Å². The van der Waals surface area contributed by atoms with Crippen LogP contribution in [-0.4, -0.2) is 44.4 Å². The van der Waals surface area contributed by atoms with E-state index in [9.17, 15) is 9.90 Å². The number of aromatic nitrogens is 4. The average molecular weight is 279 g/mol. The highest BCUT2D eigenvalue weighted by atomic mass is 32.1. The second-order valence-corrected chi connectivity index (χ2v) is 5.65. The summed E-state index contributed by atoms with van der Waals surface area (Å²) in [5.41, 5.74) is 0.573. The molecule has 1 aliphatic rings. The van der Waals surface area contributed by atoms with Crippen molar-refractivity contribution in [3.05, 3.63) is 22.7 Å². The number of aliphatic hydroxyl groups is 1. The van der Waals surface area contributed by atoms with Gasteiger partial charge in [-0.1, -0.05) is 0 Å². The third kappa shape index (κ3) is 2.36. The lowest BCUT2D eigenvalue weighted by molar-refractivity contribution is 0.0939. The summed E-state index contributed by atoms with van der Waals surface area (Å²) in [7, 11) is 0. The van der Waals surface area contributed by atoms with Crippen LogP contribution in [0.1, 0.15) is 22.5 Å². The number of carbonyl (C=O) groups excluding carboxylic acids is 1. The van der Waals surface area contributed by atoms with Gasteiger partial charge in [0.05, 0.1) is 12.3 Å². The zero-order valence-electron chi connectivity index (χ0n) is 10.1. The van der Waals surface area contributed by atoms with E-state index in [1.54, 1.807) is 6.07 Å². The van der Waals surface area contributed by atoms with Crippen LogP contribution in [0.5, 0.6) is 0 Å². The molecule has 0 aliphatic heterocycles. The van der Waals surface area contributed by atoms with Gasteiger partial charge >= 0.3 is 0 Å². The quantitative estimate of drug-likeness (QED) is 0.817. The van der Waals surface area contributed by atoms with Gasteiger partial charge in [-0.05, 0) is 34.7 Å². The molecule has 7 nitrogen and oxygen atoms in total. The van der Waals surface area contributed by atoms with Gasteiger partial charge in [0, 0.05) is 12.0 Å². The highest BCUT2D eigenvalue weighted by Gasteiger charge is 2.42. The van der Waals surface area contributed by atoms with E-state index in [1.165, 1.54) is 22.3 Å². The molecule has 0 bridgehead atoms. The molecule has 100 valence electrons. The van der Waals surface area contributed by atoms with Gasteiger partial charge in [-0.15, -0.1) is 16.4 Å². The molecule has 2 aromatic heterocycles. The number of nitrogens with zero attached hydrogens (tertiary/aromatic N) is 4. The second-order valence-electron chi connectivity index (χ2n) is 4.73. The lowest BCUT2D eigenvalue weighted by atomic mass is 10.1. The zero-order chi connectivity index (χ0) is 13.3. The van der Waals surface area contributed by atoms with Crippen LogP contribution < -0.4 is 5.32 Å². The van der Waals surface area contributed by atoms with Crippen LogP contribution >= 0.6 is 11.3 Å². The number of tetrazole rings is 1. The van der Waals surface area contributed by atoms with Crippen LogP contribution in [-0.2, 0) is 0 Å². The summed E-state index contributed by atoms with van der Waals surface area (Å²) < 4.78 is 1.46. The van der Waals surface area contributed by atoms with Gasteiger partial charge in [0.15, 0.2) is 0 Å². The Morgan fingerprint density at radius 1 is 1.58 bits per heavy atom. The summed E-state index contributed by atoms with van der Waals surface area (Å²) in [4.78, 5) is 12.7. The fraction of sp³-hybridized carbons (Fsp3) is 0.455. The maximum atomic E-state index is 12.1. The zero-order valence-corrected chi connectivity index (χ0v) is 10.9. The van der Waals surface area contributed by atoms with Crippen molar-refractivity contribution < 1.29 is 9.90 Å². The molecule has 1 amide bonds. The van der Waals surface area contributed by atoms with Gasteiger partial charge in [0.1, 0.15) is 11.2 Å². The third-order valence-corrected chi connectivity index (χ3v) is 4.27. The largest absolute Gasteiger partial charge is 0.396 e. The van der Waals surface area contributed by atoms with Crippen molar-refractivity contribution in [2.75, 3.05) is 13.2 Å². The van der Waals surface area contributed by atoms with Crippen LogP contribution in [0.2, 0.25) is 0 Å². The standard InChI is InChI=1S/C11H13N5O2S/c17-6-11(2-3-11)5-12-10(18)9-8(1-4-19-9)16-7-13-14-15-16/h1,4,7,17H,2-3,5-6H2,(H,12,18). The van der Waals surface area contributed by atoms with Crippen LogP contribution in [0.3, 0.4) is 0 Å². The number of amides is 1. The molecule has 2 N–H and O–H groups in total. The number of nitrogens with one attached hydrogen (secondary N) is 1. The molecule has 0 saturated heterocycles. The maximum Gasteiger partial charge on any atom is 0.263 e. The Kier molecular flexibility index (Phi) is 3.03. The Labute approximate surface area is 113 Å². The number of rotatable bonds is 5. The van der Waals surface area contributed by atoms with Crippen molar-refractivity contribution in [1.82, 2.24) is 25.5 Å². The fourth-order valence-corrected chi connectivity index (χ4v) is 2.63. The smallest absolute Gasteiger partial charge is 0.263 e. The van der Waals surface area contributed by atoms with E-state index in [1.807, 2.05) is 5.38 Å². The molecule has 0 aromatic carbocycles. The Balaban J connectivity index is 1.72. The number of thiophene rings is 1. The topological polar surface area (TPSA) is 92.9 Å². The highest BCUT2D eigenvalue weighted by Crippen LogP contribution is 2.44. The molecular formula is C11H13N5O2S. The minimum Gasteiger partial charge on any atom is -0.396 e. The third-order valence-electron chi connectivity index (χ3n) is 3.36. The van der Waals surface area contributed by atoms with Gasteiger partial charge in [-0.3, -0.25) is 4.79 Å². The van der Waals surface area contributed by atoms with Crippen molar-refractivity contribution >= 4 is 17.2 Å². The van der Waals surface area contributed by atoms with Crippen LogP contribution in [0, 0.1) is 5.41 Å². The summed E-state index contributed by atoms with van der Waals surface area (Å²) in [6.07, 6.45) is 3.39. The first kappa shape index (κ1) is 12.2. The maximum absolute atomic E-state index is 12.1. The molecule has 1 saturated carbocycles. The summed E-state index contributed by atoms with van der Waals surface area (Å²) in [5, 5.41) is 24.8. The van der Waals surface area contributed by atoms with Crippen molar-refractivity contribution in [3.63, 3.8) is 0 Å². The van der Waals surface area contributed by atoms with Crippen LogP contribution in [0.15, 0.2) is 17.8 Å². The van der Waals surface area contributed by atoms with Crippen LogP contribution in [0.4, 0.5) is 0 Å². The lowest BCUT2D eigenvalue weighted by Gasteiger charge is -2.12. The molecule has 1 aliphatic carbocycles. The molecule has 8 heteroatoms. The molecule has 0 radical (unpaired) electrons. The van der Waals surface area contributed by atoms with Crippen molar-refractivity contribution in [2.24, 2.45) is 5.41 Å². The van der Waals surface area contributed by atoms with Gasteiger partial charge < -0.3 is 10.4 Å². The van der Waals surface area contributed by atoms with Crippen LogP contribution in [0.25, 0.3) is 5.69 Å². The molecule has 3 rings (SSSR count). The molecule has 1 fully saturated rings. The molecule has 0 atom stereocenters. The fourth-order valence-electron chi connectivity index (χ4n) is 1.84. The lowest BCUT2D eigenvalue weighted by Crippen LogP contribution is -2.31. The van der Waals surface area contributed by atoms with Gasteiger partial charge in [-0.2, -0.15) is 4.68 Å². The predicted molar refractivity (Wildman–Crippen MR) is 68.1 cm³/mol. The Hall–Kier alpha value is -1.80. The number of hydrogen-bond acceptors (Lipinski definition) is 6. The monoisotopic (exact) mass is 279 g/mol. The van der Waals surface area contributed by atoms with Gasteiger partial charge in [0.2, 0.25) is 0 Å². The summed E-state index contributed by atoms with van der Waals surface area (Å²) in [5.74, 6) is -0.153. The van der Waals surface area contributed by atoms with E-state index < -0.39 is 0 Å². The first-order valence-electron chi connectivity index (χ1n) is 5.94. The van der Waals surface area contributed by atoms with Crippen molar-refractivity contribution in [3.8, 4) is 5.69 Å². The predicted octanol–water partition coefficient (Wildman–Crippen LogP) is 0.226. The minimum absolute atomic E-state index is 0.0953. The Morgan fingerprint density at radius 2 is 2.42 bits per heavy atom. The van der Waals surface area contributed by atoms with E-state index in [-0.39, 0.29) is 17.9 Å². The Morgan fingerprint density at radius 3 is 3.05 bits per heavy atom. The average Bonchev–Trinajstić information content (AvgIpc) is 2.86. The van der Waals surface area contributed by atoms with E-state index >= 15 is 0 Å². The molecule has 2 aromatic rings. The first-order chi connectivity index (χ1) is 9.24. The van der Waals surface area contributed by atoms with E-state index in [0.29, 0.717) is 17.1 Å². The van der Waals surface area contributed by atoms with E-state index in [2.05, 4.69) is 20.8 Å². The van der Waals surface area contributed by atoms with E-state index in [0.717, 1.165) is 12.8 Å². The summed E-state index contributed by atoms with van der Waals surface area (Å²) >= 11 is 1.34. The summed E-state index contributed by atoms with van der Waals surface area (Å²) in [6.45, 7) is 0.632. The van der Waals surface area contributed by atoms with Gasteiger partial charge in [0.25, 0.3) is 5.91 Å². The van der Waals surface area contributed by atoms with E-state index in [4.69, 9.17) is 0 Å². The molecule has 0 unspecified atom stereocenters. The second kappa shape index (κ2) is 4.71. The normalized spacial score (nSPS) is 16.3. The summed E-state index contributed by atoms with van der Waals surface area (Å²) in [6, 6.07) is 1.80. The number of hydrogen-bond donors (Lipinski definition) is 2. The molecule has 2 heterocycles. The van der Waals surface area contributed by atoms with Crippen molar-refractivity contribution in [1.29, 1.82) is 0 Å². The highest BCUT2D eigenvalue weighted by molar-refractivity contribution is 7.12. The molecule has 19 heavy (non-hydrogen) atoms. The molecule has 0 spiro atoms. The Bertz CT molecular complexity index is 576. The number of aliphatic hydroxyl groups excluding tert-OH is 1. The first-order valence-corrected chi connectivity index (χ1v) is 6.82. The molecular weight excluding hydrogens is 266 g/mol. The SMILES string of the molecule is O=C(NCC1(CO)CC1)c1sccc1-n1cnnn1.